The molecule has 6 nitrogen and oxygen atoms in total. The first-order valence-electron chi connectivity index (χ1n) is 6.66. The number of aromatic nitrogens is 4. The summed E-state index contributed by atoms with van der Waals surface area (Å²) in [6.45, 7) is 2.04. The van der Waals surface area contributed by atoms with E-state index in [9.17, 15) is 4.79 Å². The molecule has 0 aliphatic heterocycles. The van der Waals surface area contributed by atoms with Crippen molar-refractivity contribution < 1.29 is 9.53 Å². The molecule has 0 bridgehead atoms. The molecular weight excluding hydrogens is 300 g/mol. The average Bonchev–Trinajstić information content (AvgIpc) is 2.96. The average molecular weight is 314 g/mol. The van der Waals surface area contributed by atoms with Crippen LogP contribution in [-0.2, 0) is 9.53 Å². The lowest BCUT2D eigenvalue weighted by Gasteiger charge is -2.03. The van der Waals surface area contributed by atoms with E-state index >= 15 is 0 Å². The molecule has 0 spiro atoms. The van der Waals surface area contributed by atoms with Crippen molar-refractivity contribution in [3.63, 3.8) is 0 Å². The van der Waals surface area contributed by atoms with Gasteiger partial charge in [-0.2, -0.15) is 9.50 Å². The van der Waals surface area contributed by atoms with Crippen LogP contribution in [0.2, 0.25) is 0 Å². The van der Waals surface area contributed by atoms with Gasteiger partial charge in [-0.05, 0) is 13.0 Å². The van der Waals surface area contributed by atoms with Crippen LogP contribution < -0.4 is 0 Å². The van der Waals surface area contributed by atoms with Crippen molar-refractivity contribution in [1.29, 1.82) is 0 Å². The number of methoxy groups -OCH3 is 1. The van der Waals surface area contributed by atoms with Crippen LogP contribution in [0.5, 0.6) is 0 Å². The van der Waals surface area contributed by atoms with Gasteiger partial charge >= 0.3 is 5.97 Å². The summed E-state index contributed by atoms with van der Waals surface area (Å²) in [5.41, 5.74) is 3.14. The molecule has 0 radical (unpaired) electrons. The van der Waals surface area contributed by atoms with E-state index in [2.05, 4.69) is 19.8 Å². The van der Waals surface area contributed by atoms with Gasteiger partial charge in [0.05, 0.1) is 18.6 Å². The summed E-state index contributed by atoms with van der Waals surface area (Å²) in [4.78, 5) is 19.7. The third-order valence-corrected chi connectivity index (χ3v) is 3.93. The second kappa shape index (κ2) is 6.15. The van der Waals surface area contributed by atoms with Crippen molar-refractivity contribution >= 4 is 23.5 Å². The van der Waals surface area contributed by atoms with Gasteiger partial charge in [0, 0.05) is 11.8 Å². The number of rotatable bonds is 4. The van der Waals surface area contributed by atoms with E-state index in [4.69, 9.17) is 0 Å². The number of aryl methyl sites for hydroxylation is 1. The minimum Gasteiger partial charge on any atom is -0.468 e. The van der Waals surface area contributed by atoms with Gasteiger partial charge in [0.25, 0.3) is 5.78 Å². The number of carbonyl (C=O) groups excluding carboxylic acids is 1. The van der Waals surface area contributed by atoms with Gasteiger partial charge in [-0.3, -0.25) is 4.79 Å². The molecule has 0 unspecified atom stereocenters. The molecule has 3 aromatic rings. The van der Waals surface area contributed by atoms with Crippen molar-refractivity contribution in [3.05, 3.63) is 42.1 Å². The smallest absolute Gasteiger partial charge is 0.316 e. The number of carbonyl (C=O) groups is 1. The predicted octanol–water partition coefficient (Wildman–Crippen LogP) is 2.36. The fourth-order valence-electron chi connectivity index (χ4n) is 1.96. The summed E-state index contributed by atoms with van der Waals surface area (Å²) < 4.78 is 6.30. The van der Waals surface area contributed by atoms with Gasteiger partial charge in [0.15, 0.2) is 0 Å². The molecule has 22 heavy (non-hydrogen) atoms. The molecule has 0 saturated carbocycles. The second-order valence-corrected chi connectivity index (χ2v) is 5.61. The van der Waals surface area contributed by atoms with Crippen molar-refractivity contribution in [2.75, 3.05) is 12.9 Å². The monoisotopic (exact) mass is 314 g/mol. The Balaban J connectivity index is 1.96. The normalized spacial score (nSPS) is 10.8. The SMILES string of the molecule is COC(=O)CSc1nc2nccc(-c3ccc(C)cc3)n2n1. The Hall–Kier alpha value is -2.41. The lowest BCUT2D eigenvalue weighted by atomic mass is 10.1. The Morgan fingerprint density at radius 3 is 2.77 bits per heavy atom. The number of esters is 1. The van der Waals surface area contributed by atoms with Crippen molar-refractivity contribution in [3.8, 4) is 11.3 Å². The minimum atomic E-state index is -0.310. The van der Waals surface area contributed by atoms with Crippen LogP contribution in [-0.4, -0.2) is 38.4 Å². The molecule has 2 heterocycles. The van der Waals surface area contributed by atoms with E-state index in [1.54, 1.807) is 10.7 Å². The number of nitrogens with zero attached hydrogens (tertiary/aromatic N) is 4. The zero-order chi connectivity index (χ0) is 15.5. The molecule has 1 aromatic carbocycles. The first-order valence-corrected chi connectivity index (χ1v) is 7.64. The van der Waals surface area contributed by atoms with Crippen LogP contribution in [0.25, 0.3) is 17.0 Å². The summed E-state index contributed by atoms with van der Waals surface area (Å²) in [6, 6.07) is 10.1. The highest BCUT2D eigenvalue weighted by molar-refractivity contribution is 7.99. The van der Waals surface area contributed by atoms with Gasteiger partial charge < -0.3 is 4.74 Å². The van der Waals surface area contributed by atoms with Gasteiger partial charge in [-0.1, -0.05) is 41.6 Å². The van der Waals surface area contributed by atoms with E-state index in [1.807, 2.05) is 37.3 Å². The highest BCUT2D eigenvalue weighted by atomic mass is 32.2. The molecule has 0 atom stereocenters. The Labute approximate surface area is 131 Å². The van der Waals surface area contributed by atoms with Crippen molar-refractivity contribution in [1.82, 2.24) is 19.6 Å². The molecule has 0 fully saturated rings. The molecule has 2 aromatic heterocycles. The molecule has 0 aliphatic carbocycles. The molecule has 0 N–H and O–H groups in total. The number of ether oxygens (including phenoxy) is 1. The number of fused-ring (bicyclic) bond motifs is 1. The Bertz CT molecular complexity index is 814. The van der Waals surface area contributed by atoms with Crippen molar-refractivity contribution in [2.45, 2.75) is 12.1 Å². The Kier molecular flexibility index (Phi) is 4.06. The van der Waals surface area contributed by atoms with Gasteiger partial charge in [-0.25, -0.2) is 4.98 Å². The maximum absolute atomic E-state index is 11.2. The molecular formula is C15H14N4O2S. The van der Waals surface area contributed by atoms with Gasteiger partial charge in [-0.15, -0.1) is 5.10 Å². The van der Waals surface area contributed by atoms with Crippen LogP contribution in [0.1, 0.15) is 5.56 Å². The topological polar surface area (TPSA) is 69.4 Å². The van der Waals surface area contributed by atoms with Crippen LogP contribution in [0.4, 0.5) is 0 Å². The standard InChI is InChI=1S/C15H14N4O2S/c1-10-3-5-11(6-4-10)12-7-8-16-14-17-15(18-19(12)14)22-9-13(20)21-2/h3-8H,9H2,1-2H3. The summed E-state index contributed by atoms with van der Waals surface area (Å²) in [7, 11) is 1.36. The molecule has 0 amide bonds. The largest absolute Gasteiger partial charge is 0.468 e. The quantitative estimate of drug-likeness (QED) is 0.544. The van der Waals surface area contributed by atoms with Crippen molar-refractivity contribution in [2.24, 2.45) is 0 Å². The van der Waals surface area contributed by atoms with Crippen LogP contribution in [0.3, 0.4) is 0 Å². The molecule has 3 rings (SSSR count). The van der Waals surface area contributed by atoms with E-state index in [0.717, 1.165) is 11.3 Å². The van der Waals surface area contributed by atoms with Crippen LogP contribution in [0.15, 0.2) is 41.7 Å². The number of hydrogen-bond donors (Lipinski definition) is 0. The maximum Gasteiger partial charge on any atom is 0.316 e. The van der Waals surface area contributed by atoms with Gasteiger partial charge in [0.2, 0.25) is 5.16 Å². The first-order chi connectivity index (χ1) is 10.7. The molecule has 112 valence electrons. The lowest BCUT2D eigenvalue weighted by molar-refractivity contribution is -0.137. The third-order valence-electron chi connectivity index (χ3n) is 3.12. The summed E-state index contributed by atoms with van der Waals surface area (Å²) in [5.74, 6) is 0.369. The summed E-state index contributed by atoms with van der Waals surface area (Å²) in [5, 5.41) is 4.91. The zero-order valence-electron chi connectivity index (χ0n) is 12.2. The Morgan fingerprint density at radius 1 is 1.27 bits per heavy atom. The molecule has 7 heteroatoms. The number of benzene rings is 1. The number of thioether (sulfide) groups is 1. The summed E-state index contributed by atoms with van der Waals surface area (Å²) in [6.07, 6.45) is 1.70. The maximum atomic E-state index is 11.2. The van der Waals surface area contributed by atoms with E-state index < -0.39 is 0 Å². The van der Waals surface area contributed by atoms with Crippen LogP contribution >= 0.6 is 11.8 Å². The molecule has 0 saturated heterocycles. The van der Waals surface area contributed by atoms with Gasteiger partial charge in [0.1, 0.15) is 0 Å². The van der Waals surface area contributed by atoms with E-state index in [1.165, 1.54) is 24.4 Å². The summed E-state index contributed by atoms with van der Waals surface area (Å²) >= 11 is 1.23. The number of hydrogen-bond acceptors (Lipinski definition) is 6. The Morgan fingerprint density at radius 2 is 2.05 bits per heavy atom. The fraction of sp³-hybridized carbons (Fsp3) is 0.200. The van der Waals surface area contributed by atoms with E-state index in [0.29, 0.717) is 10.9 Å². The predicted molar refractivity (Wildman–Crippen MR) is 83.7 cm³/mol. The molecule has 0 aliphatic rings. The second-order valence-electron chi connectivity index (χ2n) is 4.67. The highest BCUT2D eigenvalue weighted by Crippen LogP contribution is 2.21. The minimum absolute atomic E-state index is 0.174. The fourth-order valence-corrected chi connectivity index (χ4v) is 2.61. The lowest BCUT2D eigenvalue weighted by Crippen LogP contribution is -2.03. The third kappa shape index (κ3) is 2.94. The van der Waals surface area contributed by atoms with E-state index in [-0.39, 0.29) is 11.7 Å². The zero-order valence-corrected chi connectivity index (χ0v) is 13.0. The van der Waals surface area contributed by atoms with Crippen LogP contribution in [0, 0.1) is 6.92 Å². The highest BCUT2D eigenvalue weighted by Gasteiger charge is 2.11. The first kappa shape index (κ1) is 14.5.